The van der Waals surface area contributed by atoms with Crippen LogP contribution in [0.2, 0.25) is 0 Å². The smallest absolute Gasteiger partial charge is 0.307 e. The van der Waals surface area contributed by atoms with E-state index in [1.165, 1.54) is 0 Å². The van der Waals surface area contributed by atoms with Crippen molar-refractivity contribution in [2.24, 2.45) is 7.05 Å². The molecule has 0 saturated carbocycles. The van der Waals surface area contributed by atoms with E-state index < -0.39 is 5.97 Å². The van der Waals surface area contributed by atoms with Crippen LogP contribution in [0.25, 0.3) is 10.9 Å². The van der Waals surface area contributed by atoms with E-state index in [2.05, 4.69) is 4.98 Å². The first-order chi connectivity index (χ1) is 6.68. The fourth-order valence-corrected chi connectivity index (χ4v) is 1.62. The molecule has 0 amide bonds. The molecule has 2 heterocycles. The van der Waals surface area contributed by atoms with Crippen LogP contribution in [0.3, 0.4) is 0 Å². The topological polar surface area (TPSA) is 55.1 Å². The normalized spacial score (nSPS) is 10.6. The van der Waals surface area contributed by atoms with Crippen LogP contribution >= 0.6 is 0 Å². The monoisotopic (exact) mass is 190 g/mol. The Labute approximate surface area is 80.8 Å². The van der Waals surface area contributed by atoms with Gasteiger partial charge < -0.3 is 9.67 Å². The van der Waals surface area contributed by atoms with E-state index in [1.807, 2.05) is 23.9 Å². The third-order valence-corrected chi connectivity index (χ3v) is 2.22. The SMILES string of the molecule is Cn1cc(CC(=O)O)c2cnccc21. The van der Waals surface area contributed by atoms with E-state index in [0.717, 1.165) is 16.5 Å². The number of aromatic nitrogens is 2. The highest BCUT2D eigenvalue weighted by molar-refractivity contribution is 5.86. The minimum absolute atomic E-state index is 0.0447. The molecule has 1 N–H and O–H groups in total. The molecule has 0 radical (unpaired) electrons. The second-order valence-electron chi connectivity index (χ2n) is 3.23. The van der Waals surface area contributed by atoms with E-state index in [0.29, 0.717) is 0 Å². The van der Waals surface area contributed by atoms with Crippen molar-refractivity contribution in [3.63, 3.8) is 0 Å². The van der Waals surface area contributed by atoms with Gasteiger partial charge in [0.05, 0.1) is 11.9 Å². The van der Waals surface area contributed by atoms with Crippen LogP contribution in [0.4, 0.5) is 0 Å². The summed E-state index contributed by atoms with van der Waals surface area (Å²) in [5, 5.41) is 9.62. The molecule has 0 saturated heterocycles. The minimum Gasteiger partial charge on any atom is -0.481 e. The second-order valence-corrected chi connectivity index (χ2v) is 3.23. The van der Waals surface area contributed by atoms with E-state index >= 15 is 0 Å². The minimum atomic E-state index is -0.818. The average molecular weight is 190 g/mol. The number of pyridine rings is 1. The molecule has 72 valence electrons. The first-order valence-corrected chi connectivity index (χ1v) is 4.28. The number of fused-ring (bicyclic) bond motifs is 1. The van der Waals surface area contributed by atoms with Crippen molar-refractivity contribution in [2.45, 2.75) is 6.42 Å². The number of carboxylic acid groups (broad SMARTS) is 1. The van der Waals surface area contributed by atoms with Crippen LogP contribution < -0.4 is 0 Å². The molecule has 0 bridgehead atoms. The van der Waals surface area contributed by atoms with Gasteiger partial charge in [0, 0.05) is 31.0 Å². The van der Waals surface area contributed by atoms with Gasteiger partial charge in [-0.05, 0) is 11.6 Å². The summed E-state index contributed by atoms with van der Waals surface area (Å²) in [7, 11) is 1.90. The molecule has 4 heteroatoms. The zero-order valence-corrected chi connectivity index (χ0v) is 7.77. The molecule has 0 spiro atoms. The quantitative estimate of drug-likeness (QED) is 0.774. The molecular formula is C10H10N2O2. The third-order valence-electron chi connectivity index (χ3n) is 2.22. The number of hydrogen-bond acceptors (Lipinski definition) is 2. The molecular weight excluding hydrogens is 180 g/mol. The molecule has 0 aliphatic rings. The summed E-state index contributed by atoms with van der Waals surface area (Å²) in [4.78, 5) is 14.6. The first kappa shape index (κ1) is 8.74. The molecule has 0 fully saturated rings. The molecule has 2 aromatic heterocycles. The Bertz CT molecular complexity index is 488. The lowest BCUT2D eigenvalue weighted by Crippen LogP contribution is -1.98. The summed E-state index contributed by atoms with van der Waals surface area (Å²) in [6.45, 7) is 0. The molecule has 0 aliphatic heterocycles. The van der Waals surface area contributed by atoms with Gasteiger partial charge in [0.1, 0.15) is 0 Å². The van der Waals surface area contributed by atoms with Gasteiger partial charge in [0.2, 0.25) is 0 Å². The van der Waals surface area contributed by atoms with Gasteiger partial charge in [0.15, 0.2) is 0 Å². The van der Waals surface area contributed by atoms with Crippen LogP contribution in [0.15, 0.2) is 24.7 Å². The molecule has 2 rings (SSSR count). The fraction of sp³-hybridized carbons (Fsp3) is 0.200. The predicted octanol–water partition coefficient (Wildman–Crippen LogP) is 1.20. The van der Waals surface area contributed by atoms with Crippen molar-refractivity contribution in [1.82, 2.24) is 9.55 Å². The molecule has 2 aromatic rings. The number of nitrogens with zero attached hydrogens (tertiary/aromatic N) is 2. The second kappa shape index (κ2) is 3.14. The highest BCUT2D eigenvalue weighted by Crippen LogP contribution is 2.19. The van der Waals surface area contributed by atoms with Gasteiger partial charge in [-0.1, -0.05) is 0 Å². The number of rotatable bonds is 2. The van der Waals surface area contributed by atoms with E-state index in [9.17, 15) is 4.79 Å². The van der Waals surface area contributed by atoms with Crippen molar-refractivity contribution in [3.8, 4) is 0 Å². The predicted molar refractivity (Wildman–Crippen MR) is 52.1 cm³/mol. The maximum absolute atomic E-state index is 10.6. The summed E-state index contributed by atoms with van der Waals surface area (Å²) in [6, 6.07) is 1.88. The van der Waals surface area contributed by atoms with E-state index in [4.69, 9.17) is 5.11 Å². The Hall–Kier alpha value is -1.84. The summed E-state index contributed by atoms with van der Waals surface area (Å²) in [5.74, 6) is -0.818. The molecule has 4 nitrogen and oxygen atoms in total. The zero-order chi connectivity index (χ0) is 10.1. The number of aliphatic carboxylic acids is 1. The third kappa shape index (κ3) is 1.35. The number of hydrogen-bond donors (Lipinski definition) is 1. The Morgan fingerprint density at radius 3 is 3.14 bits per heavy atom. The first-order valence-electron chi connectivity index (χ1n) is 4.28. The van der Waals surface area contributed by atoms with Crippen LogP contribution in [0.1, 0.15) is 5.56 Å². The van der Waals surface area contributed by atoms with Crippen molar-refractivity contribution >= 4 is 16.9 Å². The van der Waals surface area contributed by atoms with Gasteiger partial charge in [0.25, 0.3) is 0 Å². The molecule has 14 heavy (non-hydrogen) atoms. The van der Waals surface area contributed by atoms with Gasteiger partial charge in [-0.15, -0.1) is 0 Å². The van der Waals surface area contributed by atoms with E-state index in [1.54, 1.807) is 12.4 Å². The standard InChI is InChI=1S/C10H10N2O2/c1-12-6-7(4-10(13)14)8-5-11-3-2-9(8)12/h2-3,5-6H,4H2,1H3,(H,13,14). The maximum Gasteiger partial charge on any atom is 0.307 e. The van der Waals surface area contributed by atoms with Crippen molar-refractivity contribution in [2.75, 3.05) is 0 Å². The van der Waals surface area contributed by atoms with Crippen molar-refractivity contribution in [3.05, 3.63) is 30.2 Å². The van der Waals surface area contributed by atoms with Crippen molar-refractivity contribution in [1.29, 1.82) is 0 Å². The lowest BCUT2D eigenvalue weighted by molar-refractivity contribution is -0.136. The number of aryl methyl sites for hydroxylation is 1. The number of carboxylic acids is 1. The van der Waals surface area contributed by atoms with Crippen LogP contribution in [-0.4, -0.2) is 20.6 Å². The lowest BCUT2D eigenvalue weighted by Gasteiger charge is -1.93. The molecule has 0 aromatic carbocycles. The Balaban J connectivity index is 2.60. The summed E-state index contributed by atoms with van der Waals surface area (Å²) >= 11 is 0. The Morgan fingerprint density at radius 2 is 2.43 bits per heavy atom. The lowest BCUT2D eigenvalue weighted by atomic mass is 10.2. The van der Waals surface area contributed by atoms with Gasteiger partial charge in [-0.25, -0.2) is 0 Å². The molecule has 0 atom stereocenters. The largest absolute Gasteiger partial charge is 0.481 e. The zero-order valence-electron chi connectivity index (χ0n) is 7.77. The van der Waals surface area contributed by atoms with Gasteiger partial charge in [-0.2, -0.15) is 0 Å². The molecule has 0 aliphatic carbocycles. The Kier molecular flexibility index (Phi) is 1.96. The van der Waals surface area contributed by atoms with E-state index in [-0.39, 0.29) is 6.42 Å². The van der Waals surface area contributed by atoms with Crippen LogP contribution in [-0.2, 0) is 18.3 Å². The fourth-order valence-electron chi connectivity index (χ4n) is 1.62. The maximum atomic E-state index is 10.6. The summed E-state index contributed by atoms with van der Waals surface area (Å²) < 4.78 is 1.91. The van der Waals surface area contributed by atoms with Gasteiger partial charge >= 0.3 is 5.97 Å². The number of carbonyl (C=O) groups is 1. The highest BCUT2D eigenvalue weighted by atomic mass is 16.4. The van der Waals surface area contributed by atoms with Gasteiger partial charge in [-0.3, -0.25) is 9.78 Å². The van der Waals surface area contributed by atoms with Crippen LogP contribution in [0, 0.1) is 0 Å². The Morgan fingerprint density at radius 1 is 1.64 bits per heavy atom. The van der Waals surface area contributed by atoms with Crippen LogP contribution in [0.5, 0.6) is 0 Å². The average Bonchev–Trinajstić information content (AvgIpc) is 2.44. The highest BCUT2D eigenvalue weighted by Gasteiger charge is 2.08. The summed E-state index contributed by atoms with van der Waals surface area (Å²) in [6.07, 6.45) is 5.28. The van der Waals surface area contributed by atoms with Crippen molar-refractivity contribution < 1.29 is 9.90 Å². The molecule has 0 unspecified atom stereocenters. The summed E-state index contributed by atoms with van der Waals surface area (Å²) in [5.41, 5.74) is 1.82.